The van der Waals surface area contributed by atoms with Crippen molar-refractivity contribution in [3.8, 4) is 0 Å². The van der Waals surface area contributed by atoms with Gasteiger partial charge in [0.25, 0.3) is 0 Å². The number of esters is 1. The zero-order valence-corrected chi connectivity index (χ0v) is 10.9. The van der Waals surface area contributed by atoms with Gasteiger partial charge >= 0.3 is 5.97 Å². The Morgan fingerprint density at radius 3 is 3.00 bits per heavy atom. The molecule has 0 unspecified atom stereocenters. The van der Waals surface area contributed by atoms with Crippen molar-refractivity contribution < 1.29 is 9.53 Å². The van der Waals surface area contributed by atoms with E-state index in [-0.39, 0.29) is 5.97 Å². The SMILES string of the molecule is CCOC(=O)C=Cc1nc2scc(C)n2c1C. The van der Waals surface area contributed by atoms with E-state index >= 15 is 0 Å². The Morgan fingerprint density at radius 1 is 1.59 bits per heavy atom. The second-order valence-corrected chi connectivity index (χ2v) is 4.50. The highest BCUT2D eigenvalue weighted by molar-refractivity contribution is 7.15. The molecule has 0 bridgehead atoms. The molecule has 0 aromatic carbocycles. The largest absolute Gasteiger partial charge is 0.463 e. The Morgan fingerprint density at radius 2 is 2.35 bits per heavy atom. The third kappa shape index (κ3) is 2.24. The summed E-state index contributed by atoms with van der Waals surface area (Å²) in [4.78, 5) is 16.6. The maximum absolute atomic E-state index is 11.2. The number of fused-ring (bicyclic) bond motifs is 1. The molecular formula is C12H14N2O2S. The van der Waals surface area contributed by atoms with Crippen LogP contribution >= 0.6 is 11.3 Å². The molecule has 5 heteroatoms. The third-order valence-corrected chi connectivity index (χ3v) is 3.41. The van der Waals surface area contributed by atoms with Crippen LogP contribution in [0.4, 0.5) is 0 Å². The molecular weight excluding hydrogens is 236 g/mol. The van der Waals surface area contributed by atoms with Crippen LogP contribution in [-0.2, 0) is 9.53 Å². The first-order chi connectivity index (χ1) is 8.13. The zero-order valence-electron chi connectivity index (χ0n) is 10.1. The average molecular weight is 250 g/mol. The minimum Gasteiger partial charge on any atom is -0.463 e. The first-order valence-electron chi connectivity index (χ1n) is 5.41. The first kappa shape index (κ1) is 11.9. The lowest BCUT2D eigenvalue weighted by molar-refractivity contribution is -0.137. The molecule has 0 saturated heterocycles. The van der Waals surface area contributed by atoms with Crippen molar-refractivity contribution in [3.05, 3.63) is 28.5 Å². The van der Waals surface area contributed by atoms with E-state index in [4.69, 9.17) is 4.74 Å². The topological polar surface area (TPSA) is 43.6 Å². The van der Waals surface area contributed by atoms with Gasteiger partial charge in [0.15, 0.2) is 4.96 Å². The highest BCUT2D eigenvalue weighted by Crippen LogP contribution is 2.20. The number of aromatic nitrogens is 2. The summed E-state index contributed by atoms with van der Waals surface area (Å²) in [5.74, 6) is -0.333. The molecule has 0 aliphatic carbocycles. The molecule has 2 aromatic rings. The van der Waals surface area contributed by atoms with Crippen LogP contribution in [0, 0.1) is 13.8 Å². The van der Waals surface area contributed by atoms with E-state index in [0.29, 0.717) is 6.61 Å². The van der Waals surface area contributed by atoms with Gasteiger partial charge in [0, 0.05) is 22.8 Å². The van der Waals surface area contributed by atoms with Crippen LogP contribution < -0.4 is 0 Å². The van der Waals surface area contributed by atoms with Gasteiger partial charge in [-0.25, -0.2) is 9.78 Å². The van der Waals surface area contributed by atoms with Gasteiger partial charge in [-0.05, 0) is 26.8 Å². The van der Waals surface area contributed by atoms with Crippen molar-refractivity contribution in [1.29, 1.82) is 0 Å². The number of carbonyl (C=O) groups excluding carboxylic acids is 1. The second-order valence-electron chi connectivity index (χ2n) is 3.66. The number of aryl methyl sites for hydroxylation is 2. The minimum absolute atomic E-state index is 0.333. The Balaban J connectivity index is 2.30. The van der Waals surface area contributed by atoms with E-state index < -0.39 is 0 Å². The summed E-state index contributed by atoms with van der Waals surface area (Å²) in [7, 11) is 0. The number of thiazole rings is 1. The Bertz CT molecular complexity index is 581. The van der Waals surface area contributed by atoms with Crippen molar-refractivity contribution in [2.45, 2.75) is 20.8 Å². The normalized spacial score (nSPS) is 11.5. The quantitative estimate of drug-likeness (QED) is 0.621. The molecule has 0 fully saturated rings. The molecule has 2 aromatic heterocycles. The summed E-state index contributed by atoms with van der Waals surface area (Å²) in [6, 6.07) is 0. The molecule has 0 spiro atoms. The van der Waals surface area contributed by atoms with Crippen LogP contribution in [0.15, 0.2) is 11.5 Å². The van der Waals surface area contributed by atoms with Crippen molar-refractivity contribution in [2.75, 3.05) is 6.61 Å². The lowest BCUT2D eigenvalue weighted by Crippen LogP contribution is -1.98. The van der Waals surface area contributed by atoms with Crippen LogP contribution in [-0.4, -0.2) is 22.0 Å². The fraction of sp³-hybridized carbons (Fsp3) is 0.333. The first-order valence-corrected chi connectivity index (χ1v) is 6.29. The minimum atomic E-state index is -0.333. The lowest BCUT2D eigenvalue weighted by Gasteiger charge is -1.95. The fourth-order valence-corrected chi connectivity index (χ4v) is 2.59. The predicted octanol–water partition coefficient (Wildman–Crippen LogP) is 2.59. The van der Waals surface area contributed by atoms with E-state index in [1.165, 1.54) is 6.08 Å². The predicted molar refractivity (Wildman–Crippen MR) is 68.2 cm³/mol. The molecule has 0 atom stereocenters. The Labute approximate surface area is 104 Å². The van der Waals surface area contributed by atoms with Crippen LogP contribution in [0.3, 0.4) is 0 Å². The number of hydrogen-bond donors (Lipinski definition) is 0. The molecule has 0 aliphatic heterocycles. The molecule has 0 radical (unpaired) electrons. The fourth-order valence-electron chi connectivity index (χ4n) is 1.67. The van der Waals surface area contributed by atoms with Gasteiger partial charge < -0.3 is 4.74 Å². The molecule has 4 nitrogen and oxygen atoms in total. The van der Waals surface area contributed by atoms with Crippen LogP contribution in [0.1, 0.15) is 24.0 Å². The molecule has 2 rings (SSSR count). The van der Waals surface area contributed by atoms with Gasteiger partial charge in [-0.1, -0.05) is 0 Å². The molecule has 90 valence electrons. The van der Waals surface area contributed by atoms with Gasteiger partial charge in [-0.15, -0.1) is 11.3 Å². The Kier molecular flexibility index (Phi) is 3.28. The smallest absolute Gasteiger partial charge is 0.330 e. The number of imidazole rings is 1. The van der Waals surface area contributed by atoms with Crippen LogP contribution in [0.25, 0.3) is 11.0 Å². The maximum atomic E-state index is 11.2. The highest BCUT2D eigenvalue weighted by Gasteiger charge is 2.09. The van der Waals surface area contributed by atoms with E-state index in [0.717, 1.165) is 22.0 Å². The van der Waals surface area contributed by atoms with Gasteiger partial charge in [0.2, 0.25) is 0 Å². The highest BCUT2D eigenvalue weighted by atomic mass is 32.1. The number of carbonyl (C=O) groups is 1. The number of hydrogen-bond acceptors (Lipinski definition) is 4. The van der Waals surface area contributed by atoms with Gasteiger partial charge in [-0.3, -0.25) is 4.40 Å². The average Bonchev–Trinajstić information content (AvgIpc) is 2.79. The summed E-state index contributed by atoms with van der Waals surface area (Å²) in [6.07, 6.45) is 3.12. The van der Waals surface area contributed by atoms with Crippen molar-refractivity contribution in [1.82, 2.24) is 9.38 Å². The molecule has 0 amide bonds. The van der Waals surface area contributed by atoms with Crippen molar-refractivity contribution in [2.24, 2.45) is 0 Å². The number of nitrogens with zero attached hydrogens (tertiary/aromatic N) is 2. The van der Waals surface area contributed by atoms with Gasteiger partial charge in [0.05, 0.1) is 12.3 Å². The summed E-state index contributed by atoms with van der Waals surface area (Å²) in [5.41, 5.74) is 3.01. The van der Waals surface area contributed by atoms with E-state index in [1.54, 1.807) is 24.3 Å². The van der Waals surface area contributed by atoms with Crippen molar-refractivity contribution in [3.63, 3.8) is 0 Å². The standard InChI is InChI=1S/C12H14N2O2S/c1-4-16-11(15)6-5-10-9(3)14-8(2)7-17-12(14)13-10/h5-7H,4H2,1-3H3. The molecule has 0 aliphatic rings. The molecule has 2 heterocycles. The molecule has 17 heavy (non-hydrogen) atoms. The van der Waals surface area contributed by atoms with Gasteiger partial charge in [0.1, 0.15) is 0 Å². The second kappa shape index (κ2) is 4.71. The summed E-state index contributed by atoms with van der Waals surface area (Å²) >= 11 is 1.60. The maximum Gasteiger partial charge on any atom is 0.330 e. The van der Waals surface area contributed by atoms with E-state index in [2.05, 4.69) is 14.8 Å². The lowest BCUT2D eigenvalue weighted by atomic mass is 10.3. The molecule has 0 saturated carbocycles. The van der Waals surface area contributed by atoms with Crippen molar-refractivity contribution >= 4 is 28.3 Å². The summed E-state index contributed by atoms with van der Waals surface area (Å²) in [5, 5.41) is 2.06. The third-order valence-electron chi connectivity index (χ3n) is 2.46. The zero-order chi connectivity index (χ0) is 12.4. The summed E-state index contributed by atoms with van der Waals surface area (Å²) < 4.78 is 6.90. The van der Waals surface area contributed by atoms with Crippen LogP contribution in [0.2, 0.25) is 0 Å². The summed E-state index contributed by atoms with van der Waals surface area (Å²) in [6.45, 7) is 6.20. The molecule has 0 N–H and O–H groups in total. The van der Waals surface area contributed by atoms with Crippen LogP contribution in [0.5, 0.6) is 0 Å². The van der Waals surface area contributed by atoms with E-state index in [9.17, 15) is 4.79 Å². The number of ether oxygens (including phenoxy) is 1. The van der Waals surface area contributed by atoms with E-state index in [1.807, 2.05) is 13.8 Å². The monoisotopic (exact) mass is 250 g/mol. The van der Waals surface area contributed by atoms with Gasteiger partial charge in [-0.2, -0.15) is 0 Å². The Hall–Kier alpha value is -1.62. The number of rotatable bonds is 3.